The van der Waals surface area contributed by atoms with Gasteiger partial charge in [0, 0.05) is 0 Å². The zero-order valence-corrected chi connectivity index (χ0v) is 6.99. The van der Waals surface area contributed by atoms with E-state index in [-0.39, 0.29) is 0 Å². The second kappa shape index (κ2) is 2.94. The Morgan fingerprint density at radius 1 is 1.38 bits per heavy atom. The van der Waals surface area contributed by atoms with Gasteiger partial charge in [0.25, 0.3) is 5.91 Å². The fraction of sp³-hybridized carbons (Fsp3) is 0.100. The standard InChI is InChI=1S/C10H9NO2/c11-10(12)9-6-13-5-7-3-1-2-4-8(7)9/h1-4,6H,5H2,(H2,11,12). The van der Waals surface area contributed by atoms with Gasteiger partial charge in [0.05, 0.1) is 11.8 Å². The monoisotopic (exact) mass is 175 g/mol. The first-order valence-electron chi connectivity index (χ1n) is 3.99. The number of nitrogens with two attached hydrogens (primary N) is 1. The second-order valence-electron chi connectivity index (χ2n) is 2.86. The molecule has 1 heterocycles. The summed E-state index contributed by atoms with van der Waals surface area (Å²) >= 11 is 0. The minimum atomic E-state index is -0.452. The Hall–Kier alpha value is -1.77. The summed E-state index contributed by atoms with van der Waals surface area (Å²) in [4.78, 5) is 11.0. The lowest BCUT2D eigenvalue weighted by atomic mass is 9.99. The van der Waals surface area contributed by atoms with E-state index in [1.807, 2.05) is 24.3 Å². The number of carbonyl (C=O) groups is 1. The zero-order valence-electron chi connectivity index (χ0n) is 6.99. The van der Waals surface area contributed by atoms with Crippen molar-refractivity contribution in [1.82, 2.24) is 0 Å². The molecule has 0 spiro atoms. The molecular formula is C10H9NO2. The lowest BCUT2D eigenvalue weighted by molar-refractivity contribution is -0.112. The summed E-state index contributed by atoms with van der Waals surface area (Å²) in [5, 5.41) is 0. The normalized spacial score (nSPS) is 14.0. The fourth-order valence-electron chi connectivity index (χ4n) is 1.38. The number of primary amides is 1. The van der Waals surface area contributed by atoms with Crippen molar-refractivity contribution in [1.29, 1.82) is 0 Å². The molecule has 0 atom stereocenters. The van der Waals surface area contributed by atoms with Crippen LogP contribution in [0.4, 0.5) is 0 Å². The molecule has 0 aliphatic carbocycles. The lowest BCUT2D eigenvalue weighted by Gasteiger charge is -2.15. The predicted octanol–water partition coefficient (Wildman–Crippen LogP) is 1.04. The van der Waals surface area contributed by atoms with Crippen LogP contribution in [-0.2, 0) is 16.1 Å². The van der Waals surface area contributed by atoms with Crippen LogP contribution in [0.15, 0.2) is 30.5 Å². The quantitative estimate of drug-likeness (QED) is 0.693. The van der Waals surface area contributed by atoms with Gasteiger partial charge >= 0.3 is 0 Å². The maximum Gasteiger partial charge on any atom is 0.252 e. The molecule has 1 aliphatic rings. The molecule has 0 fully saturated rings. The molecule has 0 bridgehead atoms. The summed E-state index contributed by atoms with van der Waals surface area (Å²) in [6.45, 7) is 0.507. The molecule has 1 aromatic rings. The summed E-state index contributed by atoms with van der Waals surface area (Å²) in [6, 6.07) is 7.58. The van der Waals surface area contributed by atoms with Gasteiger partial charge in [-0.3, -0.25) is 4.79 Å². The van der Waals surface area contributed by atoms with Crippen LogP contribution < -0.4 is 5.73 Å². The Morgan fingerprint density at radius 3 is 2.92 bits per heavy atom. The van der Waals surface area contributed by atoms with Gasteiger partial charge < -0.3 is 10.5 Å². The number of hydrogen-bond donors (Lipinski definition) is 1. The van der Waals surface area contributed by atoms with E-state index in [2.05, 4.69) is 0 Å². The third kappa shape index (κ3) is 1.28. The number of fused-ring (bicyclic) bond motifs is 1. The Balaban J connectivity index is 2.53. The van der Waals surface area contributed by atoms with Crippen molar-refractivity contribution in [2.75, 3.05) is 0 Å². The van der Waals surface area contributed by atoms with Crippen LogP contribution in [0.3, 0.4) is 0 Å². The van der Waals surface area contributed by atoms with Crippen molar-refractivity contribution >= 4 is 11.5 Å². The van der Waals surface area contributed by atoms with Gasteiger partial charge in [-0.25, -0.2) is 0 Å². The topological polar surface area (TPSA) is 52.3 Å². The highest BCUT2D eigenvalue weighted by Gasteiger charge is 2.16. The Kier molecular flexibility index (Phi) is 1.77. The lowest BCUT2D eigenvalue weighted by Crippen LogP contribution is -2.16. The van der Waals surface area contributed by atoms with E-state index in [4.69, 9.17) is 10.5 Å². The highest BCUT2D eigenvalue weighted by molar-refractivity contribution is 6.19. The van der Waals surface area contributed by atoms with Crippen molar-refractivity contribution in [2.24, 2.45) is 5.73 Å². The number of rotatable bonds is 1. The minimum Gasteiger partial charge on any atom is -0.496 e. The SMILES string of the molecule is NC(=O)C1=COCc2ccccc21. The third-order valence-corrected chi connectivity index (χ3v) is 2.01. The van der Waals surface area contributed by atoms with Crippen LogP contribution in [-0.4, -0.2) is 5.91 Å². The summed E-state index contributed by atoms with van der Waals surface area (Å²) < 4.78 is 5.11. The van der Waals surface area contributed by atoms with Crippen LogP contribution in [0.25, 0.3) is 5.57 Å². The van der Waals surface area contributed by atoms with Gasteiger partial charge in [-0.05, 0) is 11.1 Å². The number of hydrogen-bond acceptors (Lipinski definition) is 2. The summed E-state index contributed by atoms with van der Waals surface area (Å²) in [6.07, 6.45) is 1.42. The van der Waals surface area contributed by atoms with Crippen LogP contribution in [0.2, 0.25) is 0 Å². The van der Waals surface area contributed by atoms with E-state index in [0.29, 0.717) is 12.2 Å². The first kappa shape index (κ1) is 7.86. The molecule has 1 aliphatic heterocycles. The molecule has 1 aromatic carbocycles. The van der Waals surface area contributed by atoms with Gasteiger partial charge in [-0.2, -0.15) is 0 Å². The molecule has 66 valence electrons. The third-order valence-electron chi connectivity index (χ3n) is 2.01. The van der Waals surface area contributed by atoms with Crippen molar-refractivity contribution in [2.45, 2.75) is 6.61 Å². The number of ether oxygens (including phenoxy) is 1. The van der Waals surface area contributed by atoms with Crippen molar-refractivity contribution in [3.05, 3.63) is 41.7 Å². The Bertz CT molecular complexity index is 382. The van der Waals surface area contributed by atoms with Crippen molar-refractivity contribution < 1.29 is 9.53 Å². The first-order chi connectivity index (χ1) is 6.29. The zero-order chi connectivity index (χ0) is 9.26. The van der Waals surface area contributed by atoms with Gasteiger partial charge in [0.1, 0.15) is 6.61 Å². The van der Waals surface area contributed by atoms with Gasteiger partial charge in [0.15, 0.2) is 0 Å². The molecular weight excluding hydrogens is 166 g/mol. The minimum absolute atomic E-state index is 0.446. The molecule has 0 aromatic heterocycles. The Morgan fingerprint density at radius 2 is 2.15 bits per heavy atom. The van der Waals surface area contributed by atoms with Crippen LogP contribution in [0.5, 0.6) is 0 Å². The van der Waals surface area contributed by atoms with E-state index in [1.54, 1.807) is 0 Å². The summed E-state index contributed by atoms with van der Waals surface area (Å²) in [5.74, 6) is -0.452. The predicted molar refractivity (Wildman–Crippen MR) is 48.4 cm³/mol. The molecule has 13 heavy (non-hydrogen) atoms. The average molecular weight is 175 g/mol. The summed E-state index contributed by atoms with van der Waals surface area (Å²) in [5.41, 5.74) is 7.52. The van der Waals surface area contributed by atoms with E-state index < -0.39 is 5.91 Å². The van der Waals surface area contributed by atoms with Gasteiger partial charge in [-0.15, -0.1) is 0 Å². The van der Waals surface area contributed by atoms with Crippen LogP contribution in [0.1, 0.15) is 11.1 Å². The van der Waals surface area contributed by atoms with Crippen molar-refractivity contribution in [3.8, 4) is 0 Å². The highest BCUT2D eigenvalue weighted by Crippen LogP contribution is 2.24. The van der Waals surface area contributed by atoms with E-state index in [1.165, 1.54) is 6.26 Å². The highest BCUT2D eigenvalue weighted by atomic mass is 16.5. The Labute approximate surface area is 75.8 Å². The molecule has 0 radical (unpaired) electrons. The molecule has 0 saturated carbocycles. The van der Waals surface area contributed by atoms with Crippen LogP contribution in [0, 0.1) is 0 Å². The maximum atomic E-state index is 11.0. The van der Waals surface area contributed by atoms with E-state index in [9.17, 15) is 4.79 Å². The first-order valence-corrected chi connectivity index (χ1v) is 3.99. The van der Waals surface area contributed by atoms with Gasteiger partial charge in [-0.1, -0.05) is 24.3 Å². The molecule has 1 amide bonds. The van der Waals surface area contributed by atoms with Gasteiger partial charge in [0.2, 0.25) is 0 Å². The van der Waals surface area contributed by atoms with E-state index >= 15 is 0 Å². The summed E-state index contributed by atoms with van der Waals surface area (Å²) in [7, 11) is 0. The van der Waals surface area contributed by atoms with Crippen molar-refractivity contribution in [3.63, 3.8) is 0 Å². The molecule has 2 rings (SSSR count). The molecule has 0 saturated heterocycles. The number of carbonyl (C=O) groups excluding carboxylic acids is 1. The molecule has 0 unspecified atom stereocenters. The number of amides is 1. The molecule has 3 nitrogen and oxygen atoms in total. The van der Waals surface area contributed by atoms with E-state index in [0.717, 1.165) is 11.1 Å². The average Bonchev–Trinajstić information content (AvgIpc) is 2.17. The fourth-order valence-corrected chi connectivity index (χ4v) is 1.38. The molecule has 3 heteroatoms. The van der Waals surface area contributed by atoms with Crippen LogP contribution >= 0.6 is 0 Å². The smallest absolute Gasteiger partial charge is 0.252 e. The maximum absolute atomic E-state index is 11.0. The largest absolute Gasteiger partial charge is 0.496 e. The number of benzene rings is 1. The molecule has 2 N–H and O–H groups in total. The second-order valence-corrected chi connectivity index (χ2v) is 2.86.